The summed E-state index contributed by atoms with van der Waals surface area (Å²) >= 11 is 1.60. The van der Waals surface area contributed by atoms with Crippen LogP contribution in [0.15, 0.2) is 67.8 Å². The largest absolute Gasteiger partial charge is 0.465 e. The number of hydrogen-bond donors (Lipinski definition) is 1. The van der Waals surface area contributed by atoms with Crippen LogP contribution >= 0.6 is 11.8 Å². The van der Waals surface area contributed by atoms with Gasteiger partial charge in [-0.2, -0.15) is 0 Å². The minimum absolute atomic E-state index is 0.0310. The fourth-order valence-electron chi connectivity index (χ4n) is 6.70. The highest BCUT2D eigenvalue weighted by Crippen LogP contribution is 2.68. The van der Waals surface area contributed by atoms with Crippen molar-refractivity contribution in [3.05, 3.63) is 67.8 Å². The third-order valence-electron chi connectivity index (χ3n) is 8.28. The Morgan fingerprint density at radius 1 is 1.21 bits per heavy atom. The molecule has 0 aliphatic carbocycles. The number of aliphatic hydroxyl groups is 1. The first-order valence-corrected chi connectivity index (χ1v) is 14.0. The van der Waals surface area contributed by atoms with Gasteiger partial charge in [0.05, 0.1) is 29.8 Å². The Kier molecular flexibility index (Phi) is 7.38. The van der Waals surface area contributed by atoms with Crippen LogP contribution < -0.4 is 4.90 Å². The number of β-amino-alcohol motifs (C(OH)–C–C–N with tert-alkyl or cyclic N) is 1. The van der Waals surface area contributed by atoms with Crippen molar-refractivity contribution in [2.45, 2.75) is 35.8 Å². The van der Waals surface area contributed by atoms with Gasteiger partial charge in [-0.15, -0.1) is 24.9 Å². The molecule has 0 aromatic heterocycles. The number of ether oxygens (including phenoxy) is 1. The minimum atomic E-state index is -0.811. The summed E-state index contributed by atoms with van der Waals surface area (Å²) in [4.78, 5) is 44.9. The number of fused-ring (bicyclic) bond motifs is 2. The predicted molar refractivity (Wildman–Crippen MR) is 150 cm³/mol. The van der Waals surface area contributed by atoms with Gasteiger partial charge in [0.25, 0.3) is 5.91 Å². The van der Waals surface area contributed by atoms with E-state index in [1.165, 1.54) is 4.90 Å². The van der Waals surface area contributed by atoms with E-state index >= 15 is 0 Å². The zero-order valence-electron chi connectivity index (χ0n) is 21.6. The molecular formula is C30H34N2O5S. The number of hydrogen-bond acceptors (Lipinski definition) is 6. The monoisotopic (exact) mass is 534 g/mol. The number of esters is 1. The molecule has 2 amide bonds. The van der Waals surface area contributed by atoms with Crippen molar-refractivity contribution in [2.75, 3.05) is 31.2 Å². The van der Waals surface area contributed by atoms with E-state index in [9.17, 15) is 19.5 Å². The number of benzene rings is 2. The van der Waals surface area contributed by atoms with Gasteiger partial charge in [0.2, 0.25) is 5.91 Å². The van der Waals surface area contributed by atoms with Crippen LogP contribution in [0.3, 0.4) is 0 Å². The predicted octanol–water partition coefficient (Wildman–Crippen LogP) is 3.81. The summed E-state index contributed by atoms with van der Waals surface area (Å²) in [6.45, 7) is 9.87. The second-order valence-electron chi connectivity index (χ2n) is 10.3. The van der Waals surface area contributed by atoms with Crippen LogP contribution in [-0.4, -0.2) is 70.1 Å². The Bertz CT molecular complexity index is 1280. The Morgan fingerprint density at radius 2 is 1.97 bits per heavy atom. The van der Waals surface area contributed by atoms with Crippen molar-refractivity contribution >= 4 is 46.0 Å². The van der Waals surface area contributed by atoms with E-state index in [1.807, 2.05) is 42.5 Å². The van der Waals surface area contributed by atoms with Crippen molar-refractivity contribution in [1.29, 1.82) is 0 Å². The minimum Gasteiger partial charge on any atom is -0.465 e. The van der Waals surface area contributed by atoms with Gasteiger partial charge in [-0.05, 0) is 41.7 Å². The van der Waals surface area contributed by atoms with Crippen LogP contribution in [0.5, 0.6) is 0 Å². The van der Waals surface area contributed by atoms with Crippen LogP contribution in [-0.2, 0) is 19.1 Å². The molecule has 1 spiro atoms. The van der Waals surface area contributed by atoms with Crippen molar-refractivity contribution in [3.63, 3.8) is 0 Å². The lowest BCUT2D eigenvalue weighted by atomic mass is 9.66. The second-order valence-corrected chi connectivity index (χ2v) is 11.9. The number of nitrogens with zero attached hydrogens (tertiary/aromatic N) is 2. The van der Waals surface area contributed by atoms with Gasteiger partial charge in [0, 0.05) is 24.0 Å². The average molecular weight is 535 g/mol. The van der Waals surface area contributed by atoms with Gasteiger partial charge < -0.3 is 19.6 Å². The molecule has 3 heterocycles. The van der Waals surface area contributed by atoms with Crippen molar-refractivity contribution < 1.29 is 24.2 Å². The first kappa shape index (κ1) is 26.5. The number of rotatable bonds is 10. The number of carbonyl (C=O) groups is 3. The van der Waals surface area contributed by atoms with Gasteiger partial charge in [0.15, 0.2) is 0 Å². The summed E-state index contributed by atoms with van der Waals surface area (Å²) in [7, 11) is 0. The molecule has 2 aromatic carbocycles. The van der Waals surface area contributed by atoms with E-state index < -0.39 is 22.6 Å². The van der Waals surface area contributed by atoms with Crippen molar-refractivity contribution in [3.8, 4) is 0 Å². The number of amides is 2. The van der Waals surface area contributed by atoms with Crippen LogP contribution in [0.2, 0.25) is 0 Å². The molecule has 2 aromatic rings. The van der Waals surface area contributed by atoms with Gasteiger partial charge in [0.1, 0.15) is 6.04 Å². The molecule has 200 valence electrons. The maximum atomic E-state index is 14.5. The molecule has 3 unspecified atom stereocenters. The van der Waals surface area contributed by atoms with Gasteiger partial charge in [-0.3, -0.25) is 14.4 Å². The molecule has 5 rings (SSSR count). The fraction of sp³-hybridized carbons (Fsp3) is 0.433. The SMILES string of the molecule is C=CCCOC(=O)[C@@H]1[C@@H]2CC(C)C3(S2)C(C(=O)N(CC=C)c2ccc4ccccc4c2)N(CCO)C(=O)[C@H]13. The molecule has 2 bridgehead atoms. The summed E-state index contributed by atoms with van der Waals surface area (Å²) in [5, 5.41) is 11.9. The number of likely N-dealkylation sites (tertiary alicyclic amines) is 1. The lowest BCUT2D eigenvalue weighted by molar-refractivity contribution is -0.154. The summed E-state index contributed by atoms with van der Waals surface area (Å²) < 4.78 is 4.77. The molecule has 8 heteroatoms. The van der Waals surface area contributed by atoms with Crippen LogP contribution in [0, 0.1) is 17.8 Å². The summed E-state index contributed by atoms with van der Waals surface area (Å²) in [6, 6.07) is 13.0. The highest BCUT2D eigenvalue weighted by Gasteiger charge is 2.76. The number of thioether (sulfide) groups is 1. The Hall–Kier alpha value is -3.10. The Morgan fingerprint density at radius 3 is 2.68 bits per heavy atom. The summed E-state index contributed by atoms with van der Waals surface area (Å²) in [5.74, 6) is -2.09. The molecule has 6 atom stereocenters. The van der Waals surface area contributed by atoms with Crippen molar-refractivity contribution in [2.24, 2.45) is 17.8 Å². The quantitative estimate of drug-likeness (QED) is 0.283. The molecule has 7 nitrogen and oxygen atoms in total. The maximum absolute atomic E-state index is 14.5. The Balaban J connectivity index is 1.55. The molecule has 38 heavy (non-hydrogen) atoms. The third kappa shape index (κ3) is 4.05. The highest BCUT2D eigenvalue weighted by molar-refractivity contribution is 8.02. The topological polar surface area (TPSA) is 87.2 Å². The zero-order chi connectivity index (χ0) is 27.0. The van der Waals surface area contributed by atoms with Gasteiger partial charge >= 0.3 is 5.97 Å². The van der Waals surface area contributed by atoms with E-state index in [0.717, 1.165) is 22.9 Å². The second kappa shape index (κ2) is 10.6. The van der Waals surface area contributed by atoms with Crippen LogP contribution in [0.1, 0.15) is 19.8 Å². The van der Waals surface area contributed by atoms with E-state index in [2.05, 4.69) is 20.1 Å². The standard InChI is InChI=1S/C30H34N2O5S/c1-4-6-16-37-29(36)24-23-17-19(3)30(38-23)25(24)27(34)32(14-15-33)26(30)28(35)31(13-5-2)22-12-11-20-9-7-8-10-21(20)18-22/h4-5,7-12,18-19,23-26,33H,1-2,6,13-17H2,3H3/t19?,23-,24+,25-,26?,30?/m0/s1. The smallest absolute Gasteiger partial charge is 0.310 e. The molecule has 3 fully saturated rings. The highest BCUT2D eigenvalue weighted by atomic mass is 32.2. The third-order valence-corrected chi connectivity index (χ3v) is 10.4. The average Bonchev–Trinajstić information content (AvgIpc) is 3.51. The van der Waals surface area contributed by atoms with Gasteiger partial charge in [-0.1, -0.05) is 49.4 Å². The van der Waals surface area contributed by atoms with Gasteiger partial charge in [-0.25, -0.2) is 0 Å². The molecule has 3 aliphatic heterocycles. The summed E-state index contributed by atoms with van der Waals surface area (Å²) in [6.07, 6.45) is 4.63. The number of carbonyl (C=O) groups excluding carboxylic acids is 3. The maximum Gasteiger partial charge on any atom is 0.310 e. The van der Waals surface area contributed by atoms with Crippen molar-refractivity contribution in [1.82, 2.24) is 4.90 Å². The molecule has 1 N–H and O–H groups in total. The number of anilines is 1. The van der Waals surface area contributed by atoms with E-state index in [4.69, 9.17) is 4.74 Å². The molecule has 0 saturated carbocycles. The Labute approximate surface area is 227 Å². The first-order valence-electron chi connectivity index (χ1n) is 13.2. The molecule has 0 radical (unpaired) electrons. The number of aliphatic hydroxyl groups excluding tert-OH is 1. The van der Waals surface area contributed by atoms with Crippen LogP contribution in [0.4, 0.5) is 5.69 Å². The lowest BCUT2D eigenvalue weighted by Gasteiger charge is -2.40. The fourth-order valence-corrected chi connectivity index (χ4v) is 9.10. The lowest BCUT2D eigenvalue weighted by Crippen LogP contribution is -2.57. The molecule has 3 aliphatic rings. The van der Waals surface area contributed by atoms with Crippen LogP contribution in [0.25, 0.3) is 10.8 Å². The van der Waals surface area contributed by atoms with E-state index in [1.54, 1.807) is 28.8 Å². The molecule has 3 saturated heterocycles. The van der Waals surface area contributed by atoms with E-state index in [0.29, 0.717) is 6.42 Å². The normalized spacial score (nSPS) is 29.4. The first-order chi connectivity index (χ1) is 18.4. The zero-order valence-corrected chi connectivity index (χ0v) is 22.4. The summed E-state index contributed by atoms with van der Waals surface area (Å²) in [5.41, 5.74) is 0.718. The molecular weight excluding hydrogens is 500 g/mol. The van der Waals surface area contributed by atoms with E-state index in [-0.39, 0.29) is 55.3 Å².